The van der Waals surface area contributed by atoms with Crippen LogP contribution in [-0.2, 0) is 11.3 Å². The van der Waals surface area contributed by atoms with Crippen LogP contribution in [0.1, 0.15) is 30.1 Å². The normalized spacial score (nSPS) is 19.3. The summed E-state index contributed by atoms with van der Waals surface area (Å²) in [5.74, 6) is 0.121. The lowest BCUT2D eigenvalue weighted by molar-refractivity contribution is -0.129. The van der Waals surface area contributed by atoms with E-state index in [-0.39, 0.29) is 5.91 Å². The van der Waals surface area contributed by atoms with E-state index in [0.29, 0.717) is 18.0 Å². The molecule has 0 unspecified atom stereocenters. The molecule has 0 bridgehead atoms. The Kier molecular flexibility index (Phi) is 6.20. The molecule has 0 saturated carbocycles. The maximum atomic E-state index is 12.2. The highest BCUT2D eigenvalue weighted by Crippen LogP contribution is 2.19. The molecule has 1 aliphatic heterocycles. The third kappa shape index (κ3) is 5.15. The van der Waals surface area contributed by atoms with Crippen LogP contribution in [0.3, 0.4) is 0 Å². The van der Waals surface area contributed by atoms with Crippen molar-refractivity contribution < 1.29 is 9.90 Å². The Hall–Kier alpha value is -2.17. The van der Waals surface area contributed by atoms with E-state index in [2.05, 4.69) is 34.5 Å². The number of piperidine rings is 1. The fourth-order valence-corrected chi connectivity index (χ4v) is 3.43. The third-order valence-electron chi connectivity index (χ3n) is 4.78. The molecule has 0 aromatic heterocycles. The van der Waals surface area contributed by atoms with Crippen LogP contribution in [0.25, 0.3) is 0 Å². The van der Waals surface area contributed by atoms with Gasteiger partial charge in [-0.2, -0.15) is 0 Å². The lowest BCUT2D eigenvalue weighted by Crippen LogP contribution is -2.41. The van der Waals surface area contributed by atoms with Gasteiger partial charge in [0.15, 0.2) is 6.10 Å². The van der Waals surface area contributed by atoms with Crippen molar-refractivity contribution in [3.63, 3.8) is 0 Å². The zero-order valence-electron chi connectivity index (χ0n) is 14.5. The smallest absolute Gasteiger partial charge is 0.253 e. The Morgan fingerprint density at radius 3 is 2.52 bits per heavy atom. The summed E-state index contributed by atoms with van der Waals surface area (Å²) in [4.78, 5) is 14.6. The van der Waals surface area contributed by atoms with Crippen molar-refractivity contribution in [2.75, 3.05) is 19.6 Å². The molecule has 1 saturated heterocycles. The number of amides is 1. The molecule has 1 fully saturated rings. The van der Waals surface area contributed by atoms with Gasteiger partial charge < -0.3 is 10.4 Å². The number of carbonyl (C=O) groups excluding carboxylic acids is 1. The van der Waals surface area contributed by atoms with Gasteiger partial charge in [0, 0.05) is 19.6 Å². The van der Waals surface area contributed by atoms with Gasteiger partial charge in [-0.3, -0.25) is 9.69 Å². The van der Waals surface area contributed by atoms with Gasteiger partial charge in [-0.15, -0.1) is 0 Å². The van der Waals surface area contributed by atoms with Crippen LogP contribution in [0, 0.1) is 5.92 Å². The second kappa shape index (κ2) is 8.79. The van der Waals surface area contributed by atoms with E-state index in [0.717, 1.165) is 32.5 Å². The molecule has 4 heteroatoms. The molecular formula is C21H26N2O2. The Bertz CT molecular complexity index is 660. The average Bonchev–Trinajstić information content (AvgIpc) is 2.67. The molecule has 2 N–H and O–H groups in total. The topological polar surface area (TPSA) is 52.6 Å². The highest BCUT2D eigenvalue weighted by atomic mass is 16.3. The summed E-state index contributed by atoms with van der Waals surface area (Å²) in [5, 5.41) is 13.1. The van der Waals surface area contributed by atoms with Gasteiger partial charge in [0.05, 0.1) is 0 Å². The van der Waals surface area contributed by atoms with Crippen LogP contribution in [-0.4, -0.2) is 35.5 Å². The molecule has 1 aliphatic rings. The molecule has 0 radical (unpaired) electrons. The van der Waals surface area contributed by atoms with Crippen molar-refractivity contribution in [2.24, 2.45) is 5.92 Å². The SMILES string of the molecule is O=C(NC[C@@H]1CCCN(Cc2ccccc2)C1)[C@H](O)c1ccccc1. The molecule has 3 rings (SSSR count). The summed E-state index contributed by atoms with van der Waals surface area (Å²) in [5.41, 5.74) is 1.96. The minimum atomic E-state index is -1.09. The zero-order chi connectivity index (χ0) is 17.5. The van der Waals surface area contributed by atoms with Crippen LogP contribution in [0.5, 0.6) is 0 Å². The standard InChI is InChI=1S/C21H26N2O2/c24-20(19-11-5-2-6-12-19)21(25)22-14-18-10-7-13-23(16-18)15-17-8-3-1-4-9-17/h1-6,8-9,11-12,18,20,24H,7,10,13-16H2,(H,22,25)/t18-,20+/m0/s1. The highest BCUT2D eigenvalue weighted by Gasteiger charge is 2.22. The lowest BCUT2D eigenvalue weighted by Gasteiger charge is -2.33. The molecule has 2 atom stereocenters. The molecule has 1 amide bonds. The molecule has 0 spiro atoms. The van der Waals surface area contributed by atoms with Crippen molar-refractivity contribution in [3.8, 4) is 0 Å². The predicted octanol–water partition coefficient (Wildman–Crippen LogP) is 2.75. The number of aliphatic hydroxyl groups excluding tert-OH is 1. The Morgan fingerprint density at radius 2 is 1.80 bits per heavy atom. The number of hydrogen-bond donors (Lipinski definition) is 2. The van der Waals surface area contributed by atoms with E-state index in [1.807, 2.05) is 24.3 Å². The number of benzene rings is 2. The first-order valence-corrected chi connectivity index (χ1v) is 8.99. The summed E-state index contributed by atoms with van der Waals surface area (Å²) < 4.78 is 0. The van der Waals surface area contributed by atoms with E-state index in [1.165, 1.54) is 5.56 Å². The molecule has 0 aliphatic carbocycles. The first-order valence-electron chi connectivity index (χ1n) is 8.99. The monoisotopic (exact) mass is 338 g/mol. The van der Waals surface area contributed by atoms with Crippen LogP contribution in [0.4, 0.5) is 0 Å². The minimum Gasteiger partial charge on any atom is -0.378 e. The van der Waals surface area contributed by atoms with Gasteiger partial charge in [-0.1, -0.05) is 60.7 Å². The first kappa shape index (κ1) is 17.6. The van der Waals surface area contributed by atoms with Gasteiger partial charge >= 0.3 is 0 Å². The fraction of sp³-hybridized carbons (Fsp3) is 0.381. The van der Waals surface area contributed by atoms with Gasteiger partial charge in [0.1, 0.15) is 0 Å². The van der Waals surface area contributed by atoms with Gasteiger partial charge in [-0.25, -0.2) is 0 Å². The molecule has 25 heavy (non-hydrogen) atoms. The lowest BCUT2D eigenvalue weighted by atomic mass is 9.97. The number of carbonyl (C=O) groups is 1. The first-order chi connectivity index (χ1) is 12.2. The molecule has 4 nitrogen and oxygen atoms in total. The summed E-state index contributed by atoms with van der Waals surface area (Å²) >= 11 is 0. The quantitative estimate of drug-likeness (QED) is 0.851. The molecular weight excluding hydrogens is 312 g/mol. The third-order valence-corrected chi connectivity index (χ3v) is 4.78. The number of rotatable bonds is 6. The van der Waals surface area contributed by atoms with E-state index < -0.39 is 6.10 Å². The number of aliphatic hydroxyl groups is 1. The van der Waals surface area contributed by atoms with Crippen LogP contribution < -0.4 is 5.32 Å². The van der Waals surface area contributed by atoms with E-state index in [1.54, 1.807) is 12.1 Å². The van der Waals surface area contributed by atoms with E-state index >= 15 is 0 Å². The average molecular weight is 338 g/mol. The summed E-state index contributed by atoms with van der Waals surface area (Å²) in [6.07, 6.45) is 1.17. The Morgan fingerprint density at radius 1 is 1.12 bits per heavy atom. The van der Waals surface area contributed by atoms with E-state index in [9.17, 15) is 9.90 Å². The van der Waals surface area contributed by atoms with Crippen LogP contribution in [0.15, 0.2) is 60.7 Å². The van der Waals surface area contributed by atoms with Gasteiger partial charge in [0.25, 0.3) is 5.91 Å². The largest absolute Gasteiger partial charge is 0.378 e. The number of likely N-dealkylation sites (tertiary alicyclic amines) is 1. The van der Waals surface area contributed by atoms with Crippen molar-refractivity contribution in [2.45, 2.75) is 25.5 Å². The zero-order valence-corrected chi connectivity index (χ0v) is 14.5. The number of nitrogens with one attached hydrogen (secondary N) is 1. The second-order valence-corrected chi connectivity index (χ2v) is 6.79. The minimum absolute atomic E-state index is 0.314. The van der Waals surface area contributed by atoms with Crippen LogP contribution >= 0.6 is 0 Å². The number of hydrogen-bond acceptors (Lipinski definition) is 3. The molecule has 132 valence electrons. The molecule has 1 heterocycles. The maximum Gasteiger partial charge on any atom is 0.253 e. The Balaban J connectivity index is 1.47. The molecule has 2 aromatic rings. The van der Waals surface area contributed by atoms with E-state index in [4.69, 9.17) is 0 Å². The van der Waals surface area contributed by atoms with Crippen molar-refractivity contribution in [1.82, 2.24) is 10.2 Å². The summed E-state index contributed by atoms with van der Waals surface area (Å²) in [6.45, 7) is 3.66. The van der Waals surface area contributed by atoms with Crippen LogP contribution in [0.2, 0.25) is 0 Å². The second-order valence-electron chi connectivity index (χ2n) is 6.79. The maximum absolute atomic E-state index is 12.2. The van der Waals surface area contributed by atoms with Crippen molar-refractivity contribution in [3.05, 3.63) is 71.8 Å². The predicted molar refractivity (Wildman–Crippen MR) is 98.9 cm³/mol. The number of nitrogens with zero attached hydrogens (tertiary/aromatic N) is 1. The highest BCUT2D eigenvalue weighted by molar-refractivity contribution is 5.81. The fourth-order valence-electron chi connectivity index (χ4n) is 3.43. The van der Waals surface area contributed by atoms with Gasteiger partial charge in [0.2, 0.25) is 0 Å². The molecule has 2 aromatic carbocycles. The van der Waals surface area contributed by atoms with Gasteiger partial charge in [-0.05, 0) is 36.4 Å². The van der Waals surface area contributed by atoms with Crippen molar-refractivity contribution in [1.29, 1.82) is 0 Å². The summed E-state index contributed by atoms with van der Waals surface area (Å²) in [7, 11) is 0. The summed E-state index contributed by atoms with van der Waals surface area (Å²) in [6, 6.07) is 19.6. The Labute approximate surface area is 149 Å². The van der Waals surface area contributed by atoms with Crippen molar-refractivity contribution >= 4 is 5.91 Å².